The number of carbonyl (C=O) groups is 1. The molecule has 0 aliphatic carbocycles. The van der Waals surface area contributed by atoms with Crippen molar-refractivity contribution in [2.75, 3.05) is 32.2 Å². The lowest BCUT2D eigenvalue weighted by Gasteiger charge is -2.03. The highest BCUT2D eigenvalue weighted by molar-refractivity contribution is 6.03. The number of ether oxygens (including phenoxy) is 2. The number of hydrogen-bond acceptors (Lipinski definition) is 6. The average molecular weight is 356 g/mol. The van der Waals surface area contributed by atoms with Crippen molar-refractivity contribution in [3.8, 4) is 11.4 Å². The lowest BCUT2D eigenvalue weighted by Crippen LogP contribution is -2.11. The topological polar surface area (TPSA) is 91.4 Å². The summed E-state index contributed by atoms with van der Waals surface area (Å²) < 4.78 is 17.3. The highest BCUT2D eigenvalue weighted by Crippen LogP contribution is 2.25. The zero-order valence-electron chi connectivity index (χ0n) is 14.4. The van der Waals surface area contributed by atoms with E-state index < -0.39 is 0 Å². The van der Waals surface area contributed by atoms with Crippen molar-refractivity contribution in [3.05, 3.63) is 54.7 Å². The van der Waals surface area contributed by atoms with Gasteiger partial charge in [-0.15, -0.1) is 0 Å². The maximum absolute atomic E-state index is 12.3. The standard InChI is InChI=1S/C18H20N4O4/c1-24-11-12-25-10-8-22-13-15(20-18(23)16-6-4-9-26-16)17(21-22)14-5-2-3-7-19-14/h2-7,9,13H,8,10-12H2,1H3,(H,20,23). The lowest BCUT2D eigenvalue weighted by molar-refractivity contribution is 0.0654. The van der Waals surface area contributed by atoms with Gasteiger partial charge in [0.25, 0.3) is 5.91 Å². The van der Waals surface area contributed by atoms with Gasteiger partial charge in [0.2, 0.25) is 0 Å². The number of amides is 1. The molecule has 3 rings (SSSR count). The second kappa shape index (κ2) is 8.93. The van der Waals surface area contributed by atoms with Gasteiger partial charge >= 0.3 is 0 Å². The molecule has 136 valence electrons. The first kappa shape index (κ1) is 17.8. The normalized spacial score (nSPS) is 10.8. The third-order valence-corrected chi connectivity index (χ3v) is 3.56. The molecular formula is C18H20N4O4. The molecule has 3 aromatic rings. The number of anilines is 1. The zero-order valence-corrected chi connectivity index (χ0v) is 14.4. The van der Waals surface area contributed by atoms with Crippen LogP contribution in [-0.2, 0) is 16.0 Å². The van der Waals surface area contributed by atoms with E-state index in [-0.39, 0.29) is 11.7 Å². The highest BCUT2D eigenvalue weighted by atomic mass is 16.5. The summed E-state index contributed by atoms with van der Waals surface area (Å²) in [5.41, 5.74) is 1.81. The van der Waals surface area contributed by atoms with Crippen LogP contribution < -0.4 is 5.32 Å². The fourth-order valence-electron chi connectivity index (χ4n) is 2.31. The maximum atomic E-state index is 12.3. The summed E-state index contributed by atoms with van der Waals surface area (Å²) in [6, 6.07) is 8.79. The van der Waals surface area contributed by atoms with E-state index in [0.717, 1.165) is 0 Å². The molecule has 8 nitrogen and oxygen atoms in total. The summed E-state index contributed by atoms with van der Waals surface area (Å²) in [7, 11) is 1.63. The zero-order chi connectivity index (χ0) is 18.2. The average Bonchev–Trinajstić information content (AvgIpc) is 3.32. The van der Waals surface area contributed by atoms with Gasteiger partial charge in [0.1, 0.15) is 5.69 Å². The third-order valence-electron chi connectivity index (χ3n) is 3.56. The Balaban J connectivity index is 1.76. The van der Waals surface area contributed by atoms with E-state index in [0.29, 0.717) is 43.4 Å². The Morgan fingerprint density at radius 2 is 2.15 bits per heavy atom. The molecule has 26 heavy (non-hydrogen) atoms. The van der Waals surface area contributed by atoms with Crippen LogP contribution in [-0.4, -0.2) is 47.6 Å². The van der Waals surface area contributed by atoms with E-state index in [9.17, 15) is 4.79 Å². The Labute approximate surface area is 150 Å². The minimum atomic E-state index is -0.344. The Hall–Kier alpha value is -2.97. The molecule has 0 aromatic carbocycles. The van der Waals surface area contributed by atoms with Crippen LogP contribution >= 0.6 is 0 Å². The maximum Gasteiger partial charge on any atom is 0.291 e. The minimum Gasteiger partial charge on any atom is -0.459 e. The number of aromatic nitrogens is 3. The highest BCUT2D eigenvalue weighted by Gasteiger charge is 2.17. The largest absolute Gasteiger partial charge is 0.459 e. The fraction of sp³-hybridized carbons (Fsp3) is 0.278. The second-order valence-electron chi connectivity index (χ2n) is 5.41. The number of pyridine rings is 1. The van der Waals surface area contributed by atoms with Crippen LogP contribution in [0.2, 0.25) is 0 Å². The van der Waals surface area contributed by atoms with E-state index in [1.165, 1.54) is 6.26 Å². The number of methoxy groups -OCH3 is 1. The van der Waals surface area contributed by atoms with Crippen molar-refractivity contribution in [3.63, 3.8) is 0 Å². The van der Waals surface area contributed by atoms with E-state index in [1.807, 2.05) is 18.2 Å². The van der Waals surface area contributed by atoms with Gasteiger partial charge in [0, 0.05) is 19.5 Å². The molecule has 3 aromatic heterocycles. The predicted octanol–water partition coefficient (Wildman–Crippen LogP) is 2.45. The summed E-state index contributed by atoms with van der Waals surface area (Å²) in [4.78, 5) is 16.6. The summed E-state index contributed by atoms with van der Waals surface area (Å²) in [5.74, 6) is -0.115. The van der Waals surface area contributed by atoms with Gasteiger partial charge in [0.15, 0.2) is 5.76 Å². The molecule has 3 heterocycles. The van der Waals surface area contributed by atoms with Crippen molar-refractivity contribution >= 4 is 11.6 Å². The fourth-order valence-corrected chi connectivity index (χ4v) is 2.31. The molecule has 1 N–H and O–H groups in total. The molecule has 8 heteroatoms. The van der Waals surface area contributed by atoms with Crippen LogP contribution in [0.15, 0.2) is 53.4 Å². The predicted molar refractivity (Wildman–Crippen MR) is 94.8 cm³/mol. The van der Waals surface area contributed by atoms with Gasteiger partial charge in [-0.05, 0) is 24.3 Å². The summed E-state index contributed by atoms with van der Waals surface area (Å²) in [5, 5.41) is 7.36. The van der Waals surface area contributed by atoms with Gasteiger partial charge in [0.05, 0.1) is 44.0 Å². The van der Waals surface area contributed by atoms with Gasteiger partial charge in [-0.25, -0.2) is 0 Å². The Bertz CT molecular complexity index is 815. The van der Waals surface area contributed by atoms with Crippen molar-refractivity contribution in [1.82, 2.24) is 14.8 Å². The quantitative estimate of drug-likeness (QED) is 0.592. The summed E-state index contributed by atoms with van der Waals surface area (Å²) in [6.45, 7) is 2.09. The van der Waals surface area contributed by atoms with Crippen LogP contribution in [0, 0.1) is 0 Å². The van der Waals surface area contributed by atoms with Crippen LogP contribution in [0.3, 0.4) is 0 Å². The molecule has 0 atom stereocenters. The van der Waals surface area contributed by atoms with E-state index >= 15 is 0 Å². The van der Waals surface area contributed by atoms with Crippen LogP contribution in [0.1, 0.15) is 10.6 Å². The van der Waals surface area contributed by atoms with Crippen molar-refractivity contribution in [2.24, 2.45) is 0 Å². The summed E-state index contributed by atoms with van der Waals surface area (Å²) >= 11 is 0. The van der Waals surface area contributed by atoms with E-state index in [2.05, 4.69) is 15.4 Å². The Kier molecular flexibility index (Phi) is 6.13. The SMILES string of the molecule is COCCOCCn1cc(NC(=O)c2ccco2)c(-c2ccccn2)n1. The molecule has 0 saturated carbocycles. The number of hydrogen-bond donors (Lipinski definition) is 1. The smallest absolute Gasteiger partial charge is 0.291 e. The number of rotatable bonds is 9. The first-order valence-electron chi connectivity index (χ1n) is 8.18. The molecule has 0 spiro atoms. The third kappa shape index (κ3) is 4.56. The molecule has 0 bridgehead atoms. The second-order valence-corrected chi connectivity index (χ2v) is 5.41. The van der Waals surface area contributed by atoms with Gasteiger partial charge in [-0.1, -0.05) is 6.07 Å². The molecule has 0 unspecified atom stereocenters. The lowest BCUT2D eigenvalue weighted by atomic mass is 10.2. The summed E-state index contributed by atoms with van der Waals surface area (Å²) in [6.07, 6.45) is 4.89. The Morgan fingerprint density at radius 1 is 1.23 bits per heavy atom. The Morgan fingerprint density at radius 3 is 2.88 bits per heavy atom. The molecule has 0 fully saturated rings. The molecular weight excluding hydrogens is 336 g/mol. The number of carbonyl (C=O) groups excluding carboxylic acids is 1. The van der Waals surface area contributed by atoms with E-state index in [1.54, 1.807) is 36.3 Å². The number of nitrogens with zero attached hydrogens (tertiary/aromatic N) is 3. The number of nitrogens with one attached hydrogen (secondary N) is 1. The van der Waals surface area contributed by atoms with Gasteiger partial charge in [-0.3, -0.25) is 14.5 Å². The molecule has 0 saturated heterocycles. The first-order chi connectivity index (χ1) is 12.8. The van der Waals surface area contributed by atoms with Crippen LogP contribution in [0.25, 0.3) is 11.4 Å². The molecule has 1 amide bonds. The van der Waals surface area contributed by atoms with Gasteiger partial charge < -0.3 is 19.2 Å². The molecule has 0 radical (unpaired) electrons. The number of furan rings is 1. The van der Waals surface area contributed by atoms with Crippen molar-refractivity contribution < 1.29 is 18.7 Å². The first-order valence-corrected chi connectivity index (χ1v) is 8.18. The van der Waals surface area contributed by atoms with E-state index in [4.69, 9.17) is 13.9 Å². The van der Waals surface area contributed by atoms with Crippen LogP contribution in [0.5, 0.6) is 0 Å². The van der Waals surface area contributed by atoms with Crippen molar-refractivity contribution in [1.29, 1.82) is 0 Å². The monoisotopic (exact) mass is 356 g/mol. The molecule has 0 aliphatic heterocycles. The van der Waals surface area contributed by atoms with Crippen molar-refractivity contribution in [2.45, 2.75) is 6.54 Å². The molecule has 0 aliphatic rings. The minimum absolute atomic E-state index is 0.229. The van der Waals surface area contributed by atoms with Gasteiger partial charge in [-0.2, -0.15) is 5.10 Å². The van der Waals surface area contributed by atoms with Crippen LogP contribution in [0.4, 0.5) is 5.69 Å².